The Labute approximate surface area is 384 Å². The zero-order valence-corrected chi connectivity index (χ0v) is 39.0. The second kappa shape index (κ2) is 15.8. The minimum atomic E-state index is -0.136. The maximum atomic E-state index is 6.90. The summed E-state index contributed by atoms with van der Waals surface area (Å²) in [6.45, 7) is 21.3. The molecule has 6 heteroatoms. The molecule has 8 aromatic rings. The Morgan fingerprint density at radius 2 is 1.11 bits per heavy atom. The first kappa shape index (κ1) is 41.8. The van der Waals surface area contributed by atoms with Crippen molar-refractivity contribution in [1.82, 2.24) is 9.97 Å². The lowest BCUT2D eigenvalue weighted by atomic mass is 9.77. The van der Waals surface area contributed by atoms with Crippen molar-refractivity contribution in [2.75, 3.05) is 21.4 Å². The van der Waals surface area contributed by atoms with Gasteiger partial charge in [-0.3, -0.25) is 4.90 Å². The number of rotatable bonds is 6. The molecule has 0 radical (unpaired) electrons. The average Bonchev–Trinajstić information content (AvgIpc) is 3.63. The Bertz CT molecular complexity index is 3060. The van der Waals surface area contributed by atoms with Crippen molar-refractivity contribution in [2.45, 2.75) is 78.6 Å². The fourth-order valence-electron chi connectivity index (χ4n) is 9.32. The van der Waals surface area contributed by atoms with Crippen LogP contribution >= 0.6 is 0 Å². The van der Waals surface area contributed by atoms with E-state index in [0.29, 0.717) is 6.67 Å². The van der Waals surface area contributed by atoms with Crippen LogP contribution < -0.4 is 19.4 Å². The molecule has 324 valence electrons. The van der Waals surface area contributed by atoms with Crippen LogP contribution in [0.2, 0.25) is 0 Å². The van der Waals surface area contributed by atoms with Crippen molar-refractivity contribution in [3.05, 3.63) is 187 Å². The first-order valence-corrected chi connectivity index (χ1v) is 22.8. The topological polar surface area (TPSA) is 44.7 Å². The average molecular weight is 852 g/mol. The lowest BCUT2D eigenvalue weighted by Crippen LogP contribution is -2.28. The highest BCUT2D eigenvalue weighted by Crippen LogP contribution is 2.54. The number of nitrogens with zero attached hydrogens (tertiary/aromatic N) is 5. The SMILES string of the molecule is CC(C)(C)c1ccc2c(c1)N(c1ccccn1)c1cc(Oc3cccc(N4CN(c5c(-c6ccccc6)cc(C(C)(C)C)cc5C(C)(C)C)c5cccnc54)c3)ccc1-c1ccccc1-2. The quantitative estimate of drug-likeness (QED) is 0.166. The van der Waals surface area contributed by atoms with Gasteiger partial charge in [-0.25, -0.2) is 9.97 Å². The van der Waals surface area contributed by atoms with Gasteiger partial charge in [-0.1, -0.05) is 147 Å². The molecular formula is C59H57N5O. The number of pyridine rings is 2. The molecule has 0 atom stereocenters. The van der Waals surface area contributed by atoms with E-state index in [2.05, 4.69) is 217 Å². The molecule has 0 bridgehead atoms. The third-order valence-corrected chi connectivity index (χ3v) is 12.8. The number of anilines is 7. The van der Waals surface area contributed by atoms with Gasteiger partial charge >= 0.3 is 0 Å². The van der Waals surface area contributed by atoms with Gasteiger partial charge in [0, 0.05) is 46.9 Å². The molecule has 10 rings (SSSR count). The lowest BCUT2D eigenvalue weighted by molar-refractivity contribution is 0.483. The van der Waals surface area contributed by atoms with Crippen LogP contribution in [0, 0.1) is 0 Å². The van der Waals surface area contributed by atoms with Gasteiger partial charge in [0.25, 0.3) is 0 Å². The zero-order chi connectivity index (χ0) is 45.3. The minimum absolute atomic E-state index is 0.0300. The number of hydrogen-bond acceptors (Lipinski definition) is 6. The molecule has 6 aromatic carbocycles. The Kier molecular flexibility index (Phi) is 10.2. The number of benzene rings is 6. The van der Waals surface area contributed by atoms with Gasteiger partial charge in [0.1, 0.15) is 24.0 Å². The number of aromatic nitrogens is 2. The van der Waals surface area contributed by atoms with Gasteiger partial charge in [-0.05, 0) is 110 Å². The van der Waals surface area contributed by atoms with E-state index in [1.165, 1.54) is 44.6 Å². The zero-order valence-electron chi connectivity index (χ0n) is 39.0. The van der Waals surface area contributed by atoms with Gasteiger partial charge in [0.15, 0.2) is 5.82 Å². The predicted octanol–water partition coefficient (Wildman–Crippen LogP) is 16.2. The van der Waals surface area contributed by atoms with E-state index in [1.807, 2.05) is 30.6 Å². The van der Waals surface area contributed by atoms with Crippen molar-refractivity contribution in [2.24, 2.45) is 0 Å². The summed E-state index contributed by atoms with van der Waals surface area (Å²) in [6.07, 6.45) is 3.76. The standard InChI is InChI=1S/C59H57N5O/c1-57(2,3)40-27-29-47-45-23-13-14-24-46(45)48-30-28-44(37-53(48)64(52(47)35-40)54-26-15-16-31-60-54)65-43-22-17-21-42(36-43)62-38-63(51-25-18-32-61-56(51)62)55-49(39-19-11-10-12-20-39)33-41(58(4,5)6)34-50(55)59(7,8)9/h10-37H,38H2,1-9H3. The molecule has 0 spiro atoms. The first-order chi connectivity index (χ1) is 31.1. The molecule has 0 saturated heterocycles. The van der Waals surface area contributed by atoms with Crippen LogP contribution in [0.1, 0.15) is 79.0 Å². The van der Waals surface area contributed by atoms with E-state index in [1.54, 1.807) is 0 Å². The van der Waals surface area contributed by atoms with Crippen molar-refractivity contribution in [3.63, 3.8) is 0 Å². The molecule has 2 aliphatic heterocycles. The fourth-order valence-corrected chi connectivity index (χ4v) is 9.32. The number of ether oxygens (including phenoxy) is 1. The van der Waals surface area contributed by atoms with E-state index in [0.717, 1.165) is 57.0 Å². The van der Waals surface area contributed by atoms with Crippen LogP contribution in [-0.4, -0.2) is 16.6 Å². The maximum absolute atomic E-state index is 6.90. The normalized spacial score (nSPS) is 13.5. The molecule has 0 amide bonds. The molecule has 2 aromatic heterocycles. The van der Waals surface area contributed by atoms with Crippen LogP contribution in [-0.2, 0) is 16.2 Å². The predicted molar refractivity (Wildman–Crippen MR) is 271 cm³/mol. The highest BCUT2D eigenvalue weighted by molar-refractivity contribution is 6.02. The fraction of sp³-hybridized carbons (Fsp3) is 0.220. The summed E-state index contributed by atoms with van der Waals surface area (Å²) >= 11 is 0. The van der Waals surface area contributed by atoms with Crippen LogP contribution in [0.4, 0.5) is 40.1 Å². The first-order valence-electron chi connectivity index (χ1n) is 22.8. The second-order valence-electron chi connectivity index (χ2n) is 20.5. The highest BCUT2D eigenvalue weighted by Gasteiger charge is 2.36. The van der Waals surface area contributed by atoms with Crippen molar-refractivity contribution < 1.29 is 4.74 Å². The van der Waals surface area contributed by atoms with E-state index >= 15 is 0 Å². The van der Waals surface area contributed by atoms with Gasteiger partial charge < -0.3 is 14.5 Å². The largest absolute Gasteiger partial charge is 0.457 e. The Morgan fingerprint density at radius 3 is 1.80 bits per heavy atom. The molecule has 6 nitrogen and oxygen atoms in total. The smallest absolute Gasteiger partial charge is 0.158 e. The van der Waals surface area contributed by atoms with Crippen molar-refractivity contribution in [1.29, 1.82) is 0 Å². The number of hydrogen-bond donors (Lipinski definition) is 0. The minimum Gasteiger partial charge on any atom is -0.457 e. The molecule has 65 heavy (non-hydrogen) atoms. The molecule has 2 aliphatic rings. The molecule has 0 fully saturated rings. The van der Waals surface area contributed by atoms with Crippen LogP contribution in [0.5, 0.6) is 11.5 Å². The lowest BCUT2D eigenvalue weighted by Gasteiger charge is -2.34. The molecule has 0 saturated carbocycles. The third-order valence-electron chi connectivity index (χ3n) is 12.8. The van der Waals surface area contributed by atoms with E-state index < -0.39 is 0 Å². The summed E-state index contributed by atoms with van der Waals surface area (Å²) in [7, 11) is 0. The Morgan fingerprint density at radius 1 is 0.446 bits per heavy atom. The van der Waals surface area contributed by atoms with Crippen molar-refractivity contribution >= 4 is 40.1 Å². The molecule has 0 aliphatic carbocycles. The van der Waals surface area contributed by atoms with Crippen LogP contribution in [0.25, 0.3) is 33.4 Å². The summed E-state index contributed by atoms with van der Waals surface area (Å²) in [5, 5.41) is 0. The molecular weight excluding hydrogens is 795 g/mol. The van der Waals surface area contributed by atoms with E-state index in [-0.39, 0.29) is 16.2 Å². The second-order valence-corrected chi connectivity index (χ2v) is 20.5. The van der Waals surface area contributed by atoms with E-state index in [9.17, 15) is 0 Å². The Balaban J connectivity index is 1.06. The van der Waals surface area contributed by atoms with Crippen molar-refractivity contribution in [3.8, 4) is 44.9 Å². The number of fused-ring (bicyclic) bond motifs is 6. The van der Waals surface area contributed by atoms with Crippen LogP contribution in [0.3, 0.4) is 0 Å². The van der Waals surface area contributed by atoms with Gasteiger partial charge in [-0.2, -0.15) is 0 Å². The summed E-state index contributed by atoms with van der Waals surface area (Å²) in [4.78, 5) is 17.0. The van der Waals surface area contributed by atoms with Gasteiger partial charge in [0.05, 0.1) is 22.7 Å². The summed E-state index contributed by atoms with van der Waals surface area (Å²) in [6, 6.07) is 56.5. The third kappa shape index (κ3) is 7.71. The van der Waals surface area contributed by atoms with Gasteiger partial charge in [0.2, 0.25) is 0 Å². The summed E-state index contributed by atoms with van der Waals surface area (Å²) < 4.78 is 6.90. The maximum Gasteiger partial charge on any atom is 0.158 e. The Hall–Kier alpha value is -7.18. The monoisotopic (exact) mass is 851 g/mol. The summed E-state index contributed by atoms with van der Waals surface area (Å²) in [5.41, 5.74) is 16.1. The highest BCUT2D eigenvalue weighted by atomic mass is 16.5. The molecule has 0 unspecified atom stereocenters. The van der Waals surface area contributed by atoms with Crippen LogP contribution in [0.15, 0.2) is 170 Å². The van der Waals surface area contributed by atoms with E-state index in [4.69, 9.17) is 14.7 Å². The molecule has 4 heterocycles. The summed E-state index contributed by atoms with van der Waals surface area (Å²) in [5.74, 6) is 3.22. The van der Waals surface area contributed by atoms with Gasteiger partial charge in [-0.15, -0.1) is 0 Å². The molecule has 0 N–H and O–H groups in total.